The third-order valence-corrected chi connectivity index (χ3v) is 11.3. The van der Waals surface area contributed by atoms with Crippen LogP contribution in [-0.4, -0.2) is 33.1 Å². The predicted molar refractivity (Wildman–Crippen MR) is 186 cm³/mol. The number of halogens is 3. The molecule has 10 nitrogen and oxygen atoms in total. The Kier molecular flexibility index (Phi) is 6.03. The smallest absolute Gasteiger partial charge is 0.250 e. The monoisotopic (exact) mass is 712 g/mol. The fraction of sp³-hybridized carbons (Fsp3) is 0.250. The molecule has 3 aromatic heterocycles. The van der Waals surface area contributed by atoms with Gasteiger partial charge in [0, 0.05) is 38.3 Å². The van der Waals surface area contributed by atoms with E-state index in [0.717, 1.165) is 50.8 Å². The van der Waals surface area contributed by atoms with Gasteiger partial charge < -0.3 is 34.9 Å². The molecule has 49 heavy (non-hydrogen) atoms. The van der Waals surface area contributed by atoms with Crippen molar-refractivity contribution in [1.82, 2.24) is 20.3 Å². The number of nitrogens with zero attached hydrogens (tertiary/aromatic N) is 2. The molecule has 0 saturated carbocycles. The lowest BCUT2D eigenvalue weighted by atomic mass is 9.72. The van der Waals surface area contributed by atoms with Gasteiger partial charge in [0.15, 0.2) is 28.6 Å². The maximum absolute atomic E-state index is 13.6. The number of nitrogens with two attached hydrogens (primary N) is 1. The molecule has 0 aliphatic carbocycles. The molecule has 3 aromatic carbocycles. The number of benzene rings is 3. The van der Waals surface area contributed by atoms with Crippen LogP contribution < -0.4 is 21.1 Å². The zero-order valence-electron chi connectivity index (χ0n) is 26.1. The van der Waals surface area contributed by atoms with Gasteiger partial charge in [-0.1, -0.05) is 79.3 Å². The number of carbonyl (C=O) groups excluding carboxylic acids is 1. The number of amides is 1. The molecule has 0 saturated heterocycles. The molecule has 7 heterocycles. The van der Waals surface area contributed by atoms with Gasteiger partial charge in [-0.15, -0.1) is 0 Å². The fourth-order valence-electron chi connectivity index (χ4n) is 8.06. The number of hydrogen-bond donors (Lipinski definition) is 4. The second-order valence-electron chi connectivity index (χ2n) is 13.2. The molecule has 10 rings (SSSR count). The largest absolute Gasteiger partial charge is 0.469 e. The van der Waals surface area contributed by atoms with Crippen LogP contribution in [0.1, 0.15) is 54.7 Å². The lowest BCUT2D eigenvalue weighted by Gasteiger charge is -2.28. The number of rotatable bonds is 2. The summed E-state index contributed by atoms with van der Waals surface area (Å²) in [4.78, 5) is 26.7. The molecule has 4 aliphatic heterocycles. The Morgan fingerprint density at radius 3 is 2.73 bits per heavy atom. The first-order valence-electron chi connectivity index (χ1n) is 16.1. The maximum atomic E-state index is 13.6. The Bertz CT molecular complexity index is 2430. The quantitative estimate of drug-likeness (QED) is 0.141. The van der Waals surface area contributed by atoms with Crippen LogP contribution in [0.4, 0.5) is 5.69 Å². The van der Waals surface area contributed by atoms with E-state index in [1.54, 1.807) is 0 Å². The van der Waals surface area contributed by atoms with Crippen molar-refractivity contribution >= 4 is 57.3 Å². The summed E-state index contributed by atoms with van der Waals surface area (Å²) < 4.78 is 20.3. The molecule has 0 radical (unpaired) electrons. The van der Waals surface area contributed by atoms with Crippen LogP contribution in [-0.2, 0) is 16.6 Å². The van der Waals surface area contributed by atoms with Crippen LogP contribution in [0.25, 0.3) is 44.9 Å². The van der Waals surface area contributed by atoms with Gasteiger partial charge in [-0.25, -0.2) is 4.98 Å². The van der Waals surface area contributed by atoms with E-state index in [1.807, 2.05) is 62.4 Å². The molecule has 13 heteroatoms. The number of ether oxygens (including phenoxy) is 1. The number of H-pyrrole nitrogens is 1. The SMILES string of the molecule is CC[C@H](C)[C@@H]1NC(=O)[C@@H](N)Cc2ccc3c(c2)[C@]24c5cc(Cl)cc(c5NC2O3)-c2cccc3[nH]c(Cl)c(c23)-c2oc(nc2Cl)-c2nc1oc24. The highest BCUT2D eigenvalue weighted by molar-refractivity contribution is 6.37. The molecule has 1 amide bonds. The molecular weight excluding hydrogens is 687 g/mol. The summed E-state index contributed by atoms with van der Waals surface area (Å²) in [5.41, 5.74) is 12.0. The van der Waals surface area contributed by atoms with Crippen LogP contribution in [0.3, 0.4) is 0 Å². The number of aromatic amines is 1. The number of fused-ring (bicyclic) bond motifs is 7. The van der Waals surface area contributed by atoms with E-state index in [1.165, 1.54) is 0 Å². The Morgan fingerprint density at radius 1 is 1.04 bits per heavy atom. The van der Waals surface area contributed by atoms with E-state index in [2.05, 4.69) is 15.6 Å². The molecule has 10 bridgehead atoms. The fourth-order valence-corrected chi connectivity index (χ4v) is 8.77. The van der Waals surface area contributed by atoms with Gasteiger partial charge >= 0.3 is 0 Å². The first-order valence-corrected chi connectivity index (χ1v) is 17.3. The second kappa shape index (κ2) is 10.0. The summed E-state index contributed by atoms with van der Waals surface area (Å²) in [5, 5.41) is 8.61. The van der Waals surface area contributed by atoms with Crippen molar-refractivity contribution in [3.63, 3.8) is 0 Å². The first kappa shape index (κ1) is 29.4. The van der Waals surface area contributed by atoms with Gasteiger partial charge in [0.2, 0.25) is 11.8 Å². The number of hydrogen-bond acceptors (Lipinski definition) is 8. The number of anilines is 1. The molecular formula is C36H27Cl3N6O4. The van der Waals surface area contributed by atoms with E-state index >= 15 is 0 Å². The molecule has 246 valence electrons. The first-order chi connectivity index (χ1) is 23.7. The lowest BCUT2D eigenvalue weighted by Crippen LogP contribution is -2.45. The van der Waals surface area contributed by atoms with Crippen molar-refractivity contribution in [3.8, 4) is 39.8 Å². The number of aromatic nitrogens is 3. The van der Waals surface area contributed by atoms with Crippen molar-refractivity contribution in [2.45, 2.75) is 50.4 Å². The summed E-state index contributed by atoms with van der Waals surface area (Å²) in [7, 11) is 0. The summed E-state index contributed by atoms with van der Waals surface area (Å²) >= 11 is 20.9. The van der Waals surface area contributed by atoms with Gasteiger partial charge in [-0.05, 0) is 47.7 Å². The van der Waals surface area contributed by atoms with Gasteiger partial charge in [0.25, 0.3) is 5.89 Å². The minimum absolute atomic E-state index is 0.0674. The van der Waals surface area contributed by atoms with Crippen molar-refractivity contribution in [2.75, 3.05) is 5.32 Å². The predicted octanol–water partition coefficient (Wildman–Crippen LogP) is 7.98. The molecule has 1 spiro atoms. The van der Waals surface area contributed by atoms with E-state index in [9.17, 15) is 4.79 Å². The molecule has 6 aromatic rings. The minimum Gasteiger partial charge on any atom is -0.469 e. The molecule has 4 aliphatic rings. The Hall–Kier alpha value is -4.48. The van der Waals surface area contributed by atoms with Gasteiger partial charge in [0.1, 0.15) is 22.4 Å². The second-order valence-corrected chi connectivity index (χ2v) is 14.4. The summed E-state index contributed by atoms with van der Waals surface area (Å²) in [5.74, 6) is 1.37. The topological polar surface area (TPSA) is 144 Å². The van der Waals surface area contributed by atoms with Crippen LogP contribution in [0.15, 0.2) is 57.4 Å². The Balaban J connectivity index is 1.41. The standard InChI is InChI=1S/C36H27Cl3N6O4/c1-3-13(2)25-33-43-27-29(49-33)36-18-9-14(10-20(40)32(46)42-25)7-8-22(18)47-35(36)44-26-17(11-15(37)12-19(26)36)16-5-4-6-21-23(16)24(30(38)41-21)28-31(39)45-34(27)48-28/h4-9,11-13,20,25,35,41,44H,3,10,40H2,1-2H3,(H,42,46)/t13-,20-,25-,35?,36+/m0/s1. The van der Waals surface area contributed by atoms with Crippen LogP contribution in [0, 0.1) is 5.92 Å². The number of nitrogens with one attached hydrogen (secondary N) is 3. The minimum atomic E-state index is -1.12. The average molecular weight is 714 g/mol. The summed E-state index contributed by atoms with van der Waals surface area (Å²) in [6.07, 6.45) is 0.355. The highest BCUT2D eigenvalue weighted by Crippen LogP contribution is 2.62. The van der Waals surface area contributed by atoms with E-state index in [4.69, 9.17) is 64.1 Å². The van der Waals surface area contributed by atoms with Gasteiger partial charge in [-0.3, -0.25) is 4.79 Å². The molecule has 5 N–H and O–H groups in total. The highest BCUT2D eigenvalue weighted by Gasteiger charge is 2.62. The van der Waals surface area contributed by atoms with Crippen molar-refractivity contribution in [2.24, 2.45) is 11.7 Å². The normalized spacial score (nSPS) is 23.2. The summed E-state index contributed by atoms with van der Waals surface area (Å²) in [6, 6.07) is 14.2. The van der Waals surface area contributed by atoms with E-state index < -0.39 is 23.7 Å². The highest BCUT2D eigenvalue weighted by atomic mass is 35.5. The molecule has 0 fully saturated rings. The maximum Gasteiger partial charge on any atom is 0.250 e. The van der Waals surface area contributed by atoms with Crippen LogP contribution >= 0.6 is 34.8 Å². The third kappa shape index (κ3) is 3.80. The van der Waals surface area contributed by atoms with Gasteiger partial charge in [-0.2, -0.15) is 4.98 Å². The lowest BCUT2D eigenvalue weighted by molar-refractivity contribution is -0.123. The Morgan fingerprint density at radius 2 is 1.90 bits per heavy atom. The van der Waals surface area contributed by atoms with Crippen LogP contribution in [0.5, 0.6) is 5.75 Å². The number of carbonyl (C=O) groups is 1. The molecule has 1 unspecified atom stereocenters. The van der Waals surface area contributed by atoms with E-state index in [0.29, 0.717) is 39.4 Å². The zero-order chi connectivity index (χ0) is 33.5. The Labute approximate surface area is 294 Å². The molecule has 5 atom stereocenters. The third-order valence-electron chi connectivity index (χ3n) is 10.6. The van der Waals surface area contributed by atoms with Gasteiger partial charge in [0.05, 0.1) is 11.6 Å². The van der Waals surface area contributed by atoms with Crippen molar-refractivity contribution in [3.05, 3.63) is 92.2 Å². The van der Waals surface area contributed by atoms with Crippen molar-refractivity contribution < 1.29 is 18.4 Å². The zero-order valence-corrected chi connectivity index (χ0v) is 28.3. The van der Waals surface area contributed by atoms with Crippen LogP contribution in [0.2, 0.25) is 15.3 Å². The average Bonchev–Trinajstić information content (AvgIpc) is 3.88. The van der Waals surface area contributed by atoms with E-state index in [-0.39, 0.29) is 34.5 Å². The summed E-state index contributed by atoms with van der Waals surface area (Å²) in [6.45, 7) is 4.08. The number of oxazole rings is 2. The van der Waals surface area contributed by atoms with Crippen molar-refractivity contribution in [1.29, 1.82) is 0 Å².